The van der Waals surface area contributed by atoms with E-state index < -0.39 is 0 Å². The molecular formula is C21H23FN4O. The highest BCUT2D eigenvalue weighted by Gasteiger charge is 2.21. The first-order chi connectivity index (χ1) is 13.1. The summed E-state index contributed by atoms with van der Waals surface area (Å²) >= 11 is 0. The predicted molar refractivity (Wildman–Crippen MR) is 103 cm³/mol. The van der Waals surface area contributed by atoms with Crippen molar-refractivity contribution in [2.75, 3.05) is 31.1 Å². The highest BCUT2D eigenvalue weighted by atomic mass is 19.1. The van der Waals surface area contributed by atoms with Crippen molar-refractivity contribution in [1.82, 2.24) is 14.3 Å². The Hall–Kier alpha value is -2.89. The molecule has 0 N–H and O–H groups in total. The lowest BCUT2D eigenvalue weighted by Gasteiger charge is -2.36. The molecule has 0 spiro atoms. The number of benzene rings is 1. The number of nitrogens with zero attached hydrogens (tertiary/aromatic N) is 4. The summed E-state index contributed by atoms with van der Waals surface area (Å²) in [7, 11) is 0. The minimum atomic E-state index is -0.227. The number of pyridine rings is 1. The first-order valence-electron chi connectivity index (χ1n) is 9.33. The Balaban J connectivity index is 1.34. The quantitative estimate of drug-likeness (QED) is 0.713. The molecular weight excluding hydrogens is 343 g/mol. The van der Waals surface area contributed by atoms with Crippen LogP contribution in [0.5, 0.6) is 0 Å². The molecule has 1 saturated heterocycles. The van der Waals surface area contributed by atoms with E-state index in [0.717, 1.165) is 35.8 Å². The van der Waals surface area contributed by atoms with E-state index in [4.69, 9.17) is 0 Å². The molecule has 1 aliphatic heterocycles. The second-order valence-corrected chi connectivity index (χ2v) is 6.92. The first-order valence-corrected chi connectivity index (χ1v) is 9.33. The number of hydrogen-bond donors (Lipinski definition) is 0. The lowest BCUT2D eigenvalue weighted by atomic mass is 10.1. The maximum absolute atomic E-state index is 13.1. The summed E-state index contributed by atoms with van der Waals surface area (Å²) in [5.74, 6) is -0.0470. The molecule has 0 saturated carbocycles. The Labute approximate surface area is 158 Å². The number of piperazine rings is 1. The van der Waals surface area contributed by atoms with Crippen LogP contribution in [0.15, 0.2) is 48.7 Å². The Kier molecular flexibility index (Phi) is 4.79. The topological polar surface area (TPSA) is 40.9 Å². The summed E-state index contributed by atoms with van der Waals surface area (Å²) in [5, 5.41) is 0. The molecule has 1 aromatic carbocycles. The summed E-state index contributed by atoms with van der Waals surface area (Å²) in [4.78, 5) is 21.3. The summed E-state index contributed by atoms with van der Waals surface area (Å²) < 4.78 is 15.1. The van der Waals surface area contributed by atoms with Crippen LogP contribution in [0.3, 0.4) is 0 Å². The molecule has 2 aromatic heterocycles. The average Bonchev–Trinajstić information content (AvgIpc) is 3.02. The number of anilines is 1. The molecule has 4 rings (SSSR count). The lowest BCUT2D eigenvalue weighted by molar-refractivity contribution is -0.131. The van der Waals surface area contributed by atoms with E-state index in [2.05, 4.69) is 14.3 Å². The zero-order valence-electron chi connectivity index (χ0n) is 15.4. The molecule has 6 heteroatoms. The molecule has 140 valence electrons. The van der Waals surface area contributed by atoms with Crippen LogP contribution in [-0.4, -0.2) is 46.4 Å². The summed E-state index contributed by atoms with van der Waals surface area (Å²) in [6.45, 7) is 4.93. The lowest BCUT2D eigenvalue weighted by Crippen LogP contribution is -2.48. The number of hydrogen-bond acceptors (Lipinski definition) is 3. The molecule has 27 heavy (non-hydrogen) atoms. The van der Waals surface area contributed by atoms with Crippen LogP contribution in [0, 0.1) is 12.7 Å². The Morgan fingerprint density at radius 1 is 1.07 bits per heavy atom. The normalized spacial score (nSPS) is 14.7. The molecule has 1 fully saturated rings. The Morgan fingerprint density at radius 3 is 2.56 bits per heavy atom. The Morgan fingerprint density at radius 2 is 1.81 bits per heavy atom. The van der Waals surface area contributed by atoms with Gasteiger partial charge >= 0.3 is 0 Å². The van der Waals surface area contributed by atoms with E-state index in [9.17, 15) is 9.18 Å². The number of aromatic nitrogens is 2. The molecule has 0 aliphatic carbocycles. The van der Waals surface area contributed by atoms with Gasteiger partial charge in [-0.1, -0.05) is 6.07 Å². The van der Waals surface area contributed by atoms with Crippen molar-refractivity contribution in [3.63, 3.8) is 0 Å². The third kappa shape index (κ3) is 3.65. The van der Waals surface area contributed by atoms with Gasteiger partial charge in [-0.05, 0) is 49.7 Å². The van der Waals surface area contributed by atoms with Crippen LogP contribution >= 0.6 is 0 Å². The largest absolute Gasteiger partial charge is 0.368 e. The van der Waals surface area contributed by atoms with E-state index in [1.807, 2.05) is 36.2 Å². The number of carbonyl (C=O) groups is 1. The monoisotopic (exact) mass is 366 g/mol. The molecule has 1 aliphatic rings. The van der Waals surface area contributed by atoms with Gasteiger partial charge in [0.05, 0.1) is 5.69 Å². The third-order valence-corrected chi connectivity index (χ3v) is 5.23. The summed E-state index contributed by atoms with van der Waals surface area (Å²) in [6.07, 6.45) is 3.17. The molecule has 5 nitrogen and oxygen atoms in total. The standard InChI is InChI=1S/C21H23FN4O/c1-16-19(26-11-3-2-4-20(26)23-16)9-10-21(27)25-14-12-24(13-15-25)18-7-5-17(22)6-8-18/h2-8,11H,9-10,12-15H2,1H3. The predicted octanol–water partition coefficient (Wildman–Crippen LogP) is 3.06. The Bertz CT molecular complexity index is 942. The van der Waals surface area contributed by atoms with Crippen molar-refractivity contribution in [1.29, 1.82) is 0 Å². The van der Waals surface area contributed by atoms with E-state index in [1.165, 1.54) is 12.1 Å². The van der Waals surface area contributed by atoms with Crippen molar-refractivity contribution >= 4 is 17.2 Å². The van der Waals surface area contributed by atoms with Crippen molar-refractivity contribution in [2.24, 2.45) is 0 Å². The van der Waals surface area contributed by atoms with Gasteiger partial charge < -0.3 is 14.2 Å². The maximum Gasteiger partial charge on any atom is 0.223 e. The van der Waals surface area contributed by atoms with Gasteiger partial charge in [-0.3, -0.25) is 4.79 Å². The minimum Gasteiger partial charge on any atom is -0.368 e. The third-order valence-electron chi connectivity index (χ3n) is 5.23. The highest BCUT2D eigenvalue weighted by Crippen LogP contribution is 2.18. The first kappa shape index (κ1) is 17.5. The van der Waals surface area contributed by atoms with Crippen LogP contribution < -0.4 is 4.90 Å². The molecule has 0 atom stereocenters. The van der Waals surface area contributed by atoms with E-state index in [-0.39, 0.29) is 11.7 Å². The fourth-order valence-electron chi connectivity index (χ4n) is 3.71. The average molecular weight is 366 g/mol. The van der Waals surface area contributed by atoms with Crippen LogP contribution in [0.1, 0.15) is 17.8 Å². The highest BCUT2D eigenvalue weighted by molar-refractivity contribution is 5.77. The number of imidazole rings is 1. The molecule has 0 radical (unpaired) electrons. The number of aryl methyl sites for hydroxylation is 2. The summed E-state index contributed by atoms with van der Waals surface area (Å²) in [6, 6.07) is 12.5. The second-order valence-electron chi connectivity index (χ2n) is 6.92. The number of amides is 1. The van der Waals surface area contributed by atoms with Gasteiger partial charge in [-0.15, -0.1) is 0 Å². The van der Waals surface area contributed by atoms with Crippen molar-refractivity contribution < 1.29 is 9.18 Å². The molecule has 3 aromatic rings. The number of rotatable bonds is 4. The van der Waals surface area contributed by atoms with Crippen LogP contribution in [0.4, 0.5) is 10.1 Å². The van der Waals surface area contributed by atoms with Crippen LogP contribution in [-0.2, 0) is 11.2 Å². The van der Waals surface area contributed by atoms with Gasteiger partial charge in [-0.25, -0.2) is 9.37 Å². The second kappa shape index (κ2) is 7.39. The van der Waals surface area contributed by atoms with Crippen molar-refractivity contribution in [3.05, 3.63) is 65.9 Å². The van der Waals surface area contributed by atoms with Gasteiger partial charge in [0.1, 0.15) is 11.5 Å². The summed E-state index contributed by atoms with van der Waals surface area (Å²) in [5.41, 5.74) is 4.01. The van der Waals surface area contributed by atoms with Crippen molar-refractivity contribution in [3.8, 4) is 0 Å². The van der Waals surface area contributed by atoms with E-state index in [0.29, 0.717) is 25.9 Å². The SMILES string of the molecule is Cc1nc2ccccn2c1CCC(=O)N1CCN(c2ccc(F)cc2)CC1. The molecule has 0 unspecified atom stereocenters. The fraction of sp³-hybridized carbons (Fsp3) is 0.333. The van der Waals surface area contributed by atoms with E-state index in [1.54, 1.807) is 12.1 Å². The number of fused-ring (bicyclic) bond motifs is 1. The number of carbonyl (C=O) groups excluding carboxylic acids is 1. The fourth-order valence-corrected chi connectivity index (χ4v) is 3.71. The van der Waals surface area contributed by atoms with Crippen LogP contribution in [0.2, 0.25) is 0 Å². The molecule has 1 amide bonds. The smallest absolute Gasteiger partial charge is 0.223 e. The molecule has 0 bridgehead atoms. The van der Waals surface area contributed by atoms with Crippen LogP contribution in [0.25, 0.3) is 5.65 Å². The van der Waals surface area contributed by atoms with Gasteiger partial charge in [0.2, 0.25) is 5.91 Å². The zero-order valence-corrected chi connectivity index (χ0v) is 15.4. The zero-order chi connectivity index (χ0) is 18.8. The minimum absolute atomic E-state index is 0.180. The maximum atomic E-state index is 13.1. The van der Waals surface area contributed by atoms with Gasteiger partial charge in [0.25, 0.3) is 0 Å². The van der Waals surface area contributed by atoms with Gasteiger partial charge in [-0.2, -0.15) is 0 Å². The number of halogens is 1. The van der Waals surface area contributed by atoms with Crippen molar-refractivity contribution in [2.45, 2.75) is 19.8 Å². The van der Waals surface area contributed by atoms with E-state index >= 15 is 0 Å². The molecule has 3 heterocycles. The van der Waals surface area contributed by atoms with Gasteiger partial charge in [0.15, 0.2) is 0 Å². The van der Waals surface area contributed by atoms with Gasteiger partial charge in [0, 0.05) is 50.2 Å².